The molecule has 0 unspecified atom stereocenters. The van der Waals surface area contributed by atoms with Gasteiger partial charge in [0.2, 0.25) is 0 Å². The Kier molecular flexibility index (Phi) is 75.1. The van der Waals surface area contributed by atoms with Crippen LogP contribution in [0.3, 0.4) is 0 Å². The van der Waals surface area contributed by atoms with E-state index in [4.69, 9.17) is 4.42 Å². The molecule has 0 aliphatic rings. The Balaban J connectivity index is -0.000000142. The molecular weight excluding hydrogens is 1280 g/mol. The van der Waals surface area contributed by atoms with Gasteiger partial charge in [-0.15, -0.1) is 45.3 Å². The van der Waals surface area contributed by atoms with E-state index in [-0.39, 0.29) is 0 Å². The summed E-state index contributed by atoms with van der Waals surface area (Å²) in [6, 6.07) is 17.7. The van der Waals surface area contributed by atoms with E-state index in [1.165, 1.54) is 112 Å². The molecule has 530 valence electrons. The van der Waals surface area contributed by atoms with Gasteiger partial charge in [-0.2, -0.15) is 0 Å². The summed E-state index contributed by atoms with van der Waals surface area (Å²) in [5.41, 5.74) is 18.3. The van der Waals surface area contributed by atoms with Crippen molar-refractivity contribution in [1.29, 1.82) is 0 Å². The van der Waals surface area contributed by atoms with Gasteiger partial charge < -0.3 is 14.0 Å². The van der Waals surface area contributed by atoms with Gasteiger partial charge in [0.05, 0.1) is 10.7 Å². The Labute approximate surface area is 599 Å². The van der Waals surface area contributed by atoms with Crippen molar-refractivity contribution in [3.63, 3.8) is 0 Å². The minimum atomic E-state index is 0.689. The fraction of sp³-hybridized carbons (Fsp3) is 0.506. The van der Waals surface area contributed by atoms with Crippen LogP contribution in [0.1, 0.15) is 240 Å². The first-order valence-corrected chi connectivity index (χ1v) is 38.9. The zero-order chi connectivity index (χ0) is 74.7. The van der Waals surface area contributed by atoms with E-state index in [1.807, 2.05) is 258 Å². The predicted molar refractivity (Wildman–Crippen MR) is 442 cm³/mol. The maximum Gasteiger partial charge on any atom is 0.104 e. The van der Waals surface area contributed by atoms with E-state index in [0.29, 0.717) is 14.5 Å². The predicted octanol–water partition coefficient (Wildman–Crippen LogP) is 28.8. The molecule has 0 spiro atoms. The Bertz CT molecular complexity index is 2750. The molecule has 9 aromatic rings. The number of pyridine rings is 1. The molecule has 0 N–H and O–H groups in total. The molecule has 9 rings (SSSR count). The number of hydrogen-bond acceptors (Lipinski definition) is 8. The maximum absolute atomic E-state index is 5.34. The number of aryl methyl sites for hydroxylation is 13. The molecule has 0 amide bonds. The third-order valence-electron chi connectivity index (χ3n) is 14.2. The number of aliphatic imine (C=N–C) groups is 1. The minimum absolute atomic E-state index is 0.689. The minimum Gasteiger partial charge on any atom is -0.466 e. The largest absolute Gasteiger partial charge is 0.466 e. The van der Waals surface area contributed by atoms with Crippen LogP contribution in [0.2, 0.25) is 0 Å². The van der Waals surface area contributed by atoms with Crippen molar-refractivity contribution in [2.24, 2.45) is 12.0 Å². The Morgan fingerprint density at radius 1 is 0.366 bits per heavy atom. The van der Waals surface area contributed by atoms with Crippen LogP contribution in [0.5, 0.6) is 0 Å². The zero-order valence-electron chi connectivity index (χ0n) is 68.0. The van der Waals surface area contributed by atoms with E-state index >= 15 is 0 Å². The van der Waals surface area contributed by atoms with Gasteiger partial charge in [0.25, 0.3) is 0 Å². The number of fused-ring (bicyclic) bond motifs is 1. The number of benzene rings is 1. The summed E-state index contributed by atoms with van der Waals surface area (Å²) in [7, 11) is 3.87. The molecule has 8 heterocycles. The van der Waals surface area contributed by atoms with Crippen LogP contribution in [-0.4, -0.2) is 42.3 Å². The van der Waals surface area contributed by atoms with Crippen LogP contribution in [0.15, 0.2) is 101 Å². The summed E-state index contributed by atoms with van der Waals surface area (Å²) in [4.78, 5) is 18.8. The summed E-state index contributed by atoms with van der Waals surface area (Å²) >= 11 is 8.22. The van der Waals surface area contributed by atoms with E-state index in [2.05, 4.69) is 158 Å². The second kappa shape index (κ2) is 67.1. The molecule has 93 heavy (non-hydrogen) atoms. The van der Waals surface area contributed by atoms with Crippen LogP contribution >= 0.6 is 45.3 Å². The molecule has 1 aromatic carbocycles. The fourth-order valence-electron chi connectivity index (χ4n) is 6.73. The summed E-state index contributed by atoms with van der Waals surface area (Å²) < 4.78 is 13.8. The number of hydrogen-bond donors (Lipinski definition) is 0. The van der Waals surface area contributed by atoms with E-state index < -0.39 is 0 Å². The third kappa shape index (κ3) is 45.2. The van der Waals surface area contributed by atoms with E-state index in [9.17, 15) is 0 Å². The van der Waals surface area contributed by atoms with Crippen LogP contribution in [0.25, 0.3) is 9.40 Å². The molecule has 8 aromatic heterocycles. The monoisotopic (exact) mass is 1420 g/mol. The first kappa shape index (κ1) is 104. The molecule has 0 atom stereocenters. The van der Waals surface area contributed by atoms with Crippen molar-refractivity contribution < 1.29 is 4.42 Å². The number of nitrogens with zero attached hydrogens (tertiary/aromatic N) is 4. The Morgan fingerprint density at radius 3 is 0.763 bits per heavy atom. The molecule has 0 bridgehead atoms. The first-order chi connectivity index (χ1) is 44.0. The van der Waals surface area contributed by atoms with Crippen LogP contribution < -0.4 is 0 Å². The standard InChI is InChI=1S/C10H12S2.C9H15N.C8H12O.C8H12S.C8H12Se.C6H9NS.C6H6.C5H5N.2C4H8.C3H7N.6C2H6/c1-5-7(3)11-10-6(2)8(4)12-9(5)10;1-6-7(2)9(4)10(5)8(6)3;3*1-5-6(2)8(4)9-7(5)3;1-4-5(2)8-6(3)7-4;2*1-2-4-6-5-3-1;3*1-3-4-2;6*1-2/h1-4H3;1-5H3;3*1-4H3;1-3H3;1-6H;1-5H;2*3-4H,1-2H3;3H,1-2H3;6*1-2H3. The maximum atomic E-state index is 5.34. The third-order valence-corrected chi connectivity index (χ3v) is 21.7. The normalized spacial score (nSPS) is 9.05. The van der Waals surface area contributed by atoms with Crippen molar-refractivity contribution in [2.75, 3.05) is 7.05 Å². The van der Waals surface area contributed by atoms with E-state index in [0.717, 1.165) is 11.5 Å². The summed E-state index contributed by atoms with van der Waals surface area (Å²) in [5.74, 6) is 2.09. The number of furan rings is 1. The number of thiazole rings is 1. The number of rotatable bonds is 0. The topological polar surface area (TPSA) is 56.2 Å². The van der Waals surface area contributed by atoms with Gasteiger partial charge in [0, 0.05) is 71.7 Å². The second-order valence-corrected chi connectivity index (χ2v) is 27.8. The molecule has 0 saturated heterocycles. The summed E-state index contributed by atoms with van der Waals surface area (Å²) in [5, 5.41) is 1.17. The molecule has 0 radical (unpaired) electrons. The average Bonchev–Trinajstić information content (AvgIpc) is 1.65. The van der Waals surface area contributed by atoms with Crippen molar-refractivity contribution in [3.05, 3.63) is 214 Å². The van der Waals surface area contributed by atoms with Crippen molar-refractivity contribution in [3.8, 4) is 0 Å². The second-order valence-electron chi connectivity index (χ2n) is 19.5. The molecule has 10 heteroatoms. The van der Waals surface area contributed by atoms with Gasteiger partial charge in [-0.25, -0.2) is 4.98 Å². The molecular formula is C83H142N4OS4Se. The number of allylic oxidation sites excluding steroid dienone is 4. The molecule has 0 fully saturated rings. The molecule has 0 aliphatic carbocycles. The zero-order valence-corrected chi connectivity index (χ0v) is 73.0. The fourth-order valence-corrected chi connectivity index (χ4v) is 13.5. The van der Waals surface area contributed by atoms with Crippen molar-refractivity contribution in [2.45, 2.75) is 277 Å². The SMILES string of the molecule is CC.CC.CC.CC.CC.CC.CC=CC.CC=CC.CC=NC.Cc1[se]c(C)c(C)c1C.Cc1c(C)c(C)n(C)c1C.Cc1nc(C)c(C)s1.Cc1oc(C)c(C)c1C.Cc1sc(C)c(C)c1C.Cc1sc2c(C)c(C)sc2c1C.c1ccccc1.c1ccncc1. The first-order valence-electron chi connectivity index (χ1n) is 33.9. The number of thiophene rings is 3. The van der Waals surface area contributed by atoms with E-state index in [1.54, 1.807) is 45.9 Å². The van der Waals surface area contributed by atoms with Gasteiger partial charge in [0.1, 0.15) is 11.5 Å². The van der Waals surface area contributed by atoms with Gasteiger partial charge in [-0.1, -0.05) is 150 Å². The summed E-state index contributed by atoms with van der Waals surface area (Å²) in [6.45, 7) is 83.4. The molecule has 0 saturated carbocycles. The van der Waals surface area contributed by atoms with Crippen molar-refractivity contribution in [1.82, 2.24) is 14.5 Å². The van der Waals surface area contributed by atoms with Gasteiger partial charge in [-0.05, 0) is 229 Å². The smallest absolute Gasteiger partial charge is 0.104 e. The van der Waals surface area contributed by atoms with Crippen LogP contribution in [0, 0.1) is 159 Å². The molecule has 0 aliphatic heterocycles. The summed E-state index contributed by atoms with van der Waals surface area (Å²) in [6.07, 6.45) is 13.2. The van der Waals surface area contributed by atoms with Gasteiger partial charge in [-0.3, -0.25) is 4.98 Å². The van der Waals surface area contributed by atoms with Crippen LogP contribution in [-0.2, 0) is 7.05 Å². The van der Waals surface area contributed by atoms with Crippen molar-refractivity contribution >= 4 is 75.5 Å². The van der Waals surface area contributed by atoms with Crippen LogP contribution in [0.4, 0.5) is 0 Å². The quantitative estimate of drug-likeness (QED) is 0.0864. The van der Waals surface area contributed by atoms with Gasteiger partial charge in [0.15, 0.2) is 0 Å². The molecule has 5 nitrogen and oxygen atoms in total. The average molecular weight is 1420 g/mol. The Morgan fingerprint density at radius 2 is 0.645 bits per heavy atom. The van der Waals surface area contributed by atoms with Gasteiger partial charge >= 0.3 is 62.2 Å². The number of aromatic nitrogens is 3. The Hall–Kier alpha value is -4.93.